The Morgan fingerprint density at radius 3 is 1.80 bits per heavy atom. The van der Waals surface area contributed by atoms with Gasteiger partial charge in [-0.2, -0.15) is 0 Å². The van der Waals surface area contributed by atoms with E-state index in [1.165, 1.54) is 19.5 Å². The molecule has 0 aromatic carbocycles. The highest BCUT2D eigenvalue weighted by atomic mass is 15.2. The maximum Gasteiger partial charge on any atom is 0.0115 e. The van der Waals surface area contributed by atoms with Gasteiger partial charge in [-0.1, -0.05) is 20.8 Å². The summed E-state index contributed by atoms with van der Waals surface area (Å²) in [6, 6.07) is 0.751. The second-order valence-corrected chi connectivity index (χ2v) is 4.43. The van der Waals surface area contributed by atoms with Crippen molar-refractivity contribution in [1.29, 1.82) is 0 Å². The number of nitrogens with zero attached hydrogens (tertiary/aromatic N) is 1. The largest absolute Gasteiger partial charge is 0.300 e. The molecule has 0 spiro atoms. The predicted octanol–water partition coefficient (Wildman–Crippen LogP) is 2.13. The Balaban J connectivity index is 2.39. The zero-order chi connectivity index (χ0) is 7.78. The van der Waals surface area contributed by atoms with Gasteiger partial charge in [-0.3, -0.25) is 0 Å². The van der Waals surface area contributed by atoms with E-state index >= 15 is 0 Å². The maximum atomic E-state index is 2.56. The van der Waals surface area contributed by atoms with Crippen LogP contribution in [0.2, 0.25) is 0 Å². The Kier molecular flexibility index (Phi) is 2.04. The van der Waals surface area contributed by atoms with Gasteiger partial charge in [0.15, 0.2) is 0 Å². The minimum Gasteiger partial charge on any atom is -0.300 e. The van der Waals surface area contributed by atoms with Crippen molar-refractivity contribution in [2.45, 2.75) is 40.2 Å². The lowest BCUT2D eigenvalue weighted by atomic mass is 9.85. The molecule has 1 fully saturated rings. The summed E-state index contributed by atoms with van der Waals surface area (Å²) in [6.45, 7) is 11.9. The molecule has 1 atom stereocenters. The molecule has 1 saturated heterocycles. The molecule has 0 aliphatic carbocycles. The van der Waals surface area contributed by atoms with Crippen LogP contribution in [0.25, 0.3) is 0 Å². The van der Waals surface area contributed by atoms with Crippen molar-refractivity contribution in [2.24, 2.45) is 5.41 Å². The highest BCUT2D eigenvalue weighted by Gasteiger charge is 2.29. The van der Waals surface area contributed by atoms with Crippen LogP contribution in [0.1, 0.15) is 34.1 Å². The molecule has 10 heavy (non-hydrogen) atoms. The zero-order valence-electron chi connectivity index (χ0n) is 7.65. The van der Waals surface area contributed by atoms with Crippen molar-refractivity contribution in [3.05, 3.63) is 0 Å². The third-order valence-corrected chi connectivity index (χ3v) is 2.69. The van der Waals surface area contributed by atoms with E-state index in [-0.39, 0.29) is 0 Å². The molecular weight excluding hydrogens is 122 g/mol. The standard InChI is InChI=1S/C9H19N/c1-8(9(2,3)4)10-6-5-7-10/h8H,5-7H2,1-4H3/t8-/m0/s1. The van der Waals surface area contributed by atoms with Crippen molar-refractivity contribution in [3.8, 4) is 0 Å². The molecule has 1 aliphatic heterocycles. The Morgan fingerprint density at radius 1 is 1.20 bits per heavy atom. The summed E-state index contributed by atoms with van der Waals surface area (Å²) in [5.74, 6) is 0. The van der Waals surface area contributed by atoms with Gasteiger partial charge in [0.2, 0.25) is 0 Å². The summed E-state index contributed by atoms with van der Waals surface area (Å²) in [5, 5.41) is 0. The molecule has 1 aliphatic rings. The average molecular weight is 141 g/mol. The van der Waals surface area contributed by atoms with Crippen LogP contribution >= 0.6 is 0 Å². The lowest BCUT2D eigenvalue weighted by Gasteiger charge is -2.43. The highest BCUT2D eigenvalue weighted by molar-refractivity contribution is 4.83. The van der Waals surface area contributed by atoms with E-state index in [0.29, 0.717) is 5.41 Å². The van der Waals surface area contributed by atoms with Crippen molar-refractivity contribution >= 4 is 0 Å². The van der Waals surface area contributed by atoms with Gasteiger partial charge in [0.25, 0.3) is 0 Å². The van der Waals surface area contributed by atoms with Crippen LogP contribution in [0.5, 0.6) is 0 Å². The first-order chi connectivity index (χ1) is 4.52. The Morgan fingerprint density at radius 2 is 1.70 bits per heavy atom. The SMILES string of the molecule is C[C@H](N1CCC1)C(C)(C)C. The van der Waals surface area contributed by atoms with E-state index in [9.17, 15) is 0 Å². The number of hydrogen-bond donors (Lipinski definition) is 0. The van der Waals surface area contributed by atoms with E-state index in [1.54, 1.807) is 0 Å². The number of rotatable bonds is 1. The first-order valence-electron chi connectivity index (χ1n) is 4.26. The lowest BCUT2D eigenvalue weighted by molar-refractivity contribution is 0.0585. The van der Waals surface area contributed by atoms with Crippen LogP contribution in [0, 0.1) is 5.41 Å². The van der Waals surface area contributed by atoms with Crippen molar-refractivity contribution in [1.82, 2.24) is 4.90 Å². The summed E-state index contributed by atoms with van der Waals surface area (Å²) in [4.78, 5) is 2.56. The van der Waals surface area contributed by atoms with Crippen molar-refractivity contribution in [2.75, 3.05) is 13.1 Å². The molecule has 1 nitrogen and oxygen atoms in total. The molecule has 0 unspecified atom stereocenters. The summed E-state index contributed by atoms with van der Waals surface area (Å²) in [7, 11) is 0. The fourth-order valence-electron chi connectivity index (χ4n) is 1.28. The second-order valence-electron chi connectivity index (χ2n) is 4.43. The minimum atomic E-state index is 0.459. The zero-order valence-corrected chi connectivity index (χ0v) is 7.65. The lowest BCUT2D eigenvalue weighted by Crippen LogP contribution is -2.49. The topological polar surface area (TPSA) is 3.24 Å². The van der Waals surface area contributed by atoms with Crippen LogP contribution in [-0.4, -0.2) is 24.0 Å². The monoisotopic (exact) mass is 141 g/mol. The first kappa shape index (κ1) is 8.06. The Bertz CT molecular complexity index is 108. The van der Waals surface area contributed by atoms with E-state index in [4.69, 9.17) is 0 Å². The third-order valence-electron chi connectivity index (χ3n) is 2.69. The smallest absolute Gasteiger partial charge is 0.0115 e. The Labute approximate surface area is 64.4 Å². The fraction of sp³-hybridized carbons (Fsp3) is 1.00. The minimum absolute atomic E-state index is 0.459. The summed E-state index contributed by atoms with van der Waals surface area (Å²) in [6.07, 6.45) is 1.40. The van der Waals surface area contributed by atoms with E-state index in [1.807, 2.05) is 0 Å². The molecule has 0 N–H and O–H groups in total. The van der Waals surface area contributed by atoms with E-state index in [0.717, 1.165) is 6.04 Å². The molecular formula is C9H19N. The van der Waals surface area contributed by atoms with Crippen molar-refractivity contribution in [3.63, 3.8) is 0 Å². The molecule has 0 aromatic heterocycles. The maximum absolute atomic E-state index is 2.56. The van der Waals surface area contributed by atoms with Gasteiger partial charge in [0.05, 0.1) is 0 Å². The fourth-order valence-corrected chi connectivity index (χ4v) is 1.28. The van der Waals surface area contributed by atoms with Gasteiger partial charge in [-0.15, -0.1) is 0 Å². The van der Waals surface area contributed by atoms with E-state index in [2.05, 4.69) is 32.6 Å². The summed E-state index contributed by atoms with van der Waals surface area (Å²) >= 11 is 0. The molecule has 1 heteroatoms. The number of likely N-dealkylation sites (tertiary alicyclic amines) is 1. The summed E-state index contributed by atoms with van der Waals surface area (Å²) in [5.41, 5.74) is 0.459. The van der Waals surface area contributed by atoms with E-state index < -0.39 is 0 Å². The van der Waals surface area contributed by atoms with Crippen LogP contribution in [0.4, 0.5) is 0 Å². The predicted molar refractivity (Wildman–Crippen MR) is 45.1 cm³/mol. The van der Waals surface area contributed by atoms with Crippen LogP contribution in [-0.2, 0) is 0 Å². The van der Waals surface area contributed by atoms with Gasteiger partial charge >= 0.3 is 0 Å². The molecule has 60 valence electrons. The average Bonchev–Trinajstić information content (AvgIpc) is 1.57. The van der Waals surface area contributed by atoms with Gasteiger partial charge < -0.3 is 4.90 Å². The van der Waals surface area contributed by atoms with Crippen LogP contribution < -0.4 is 0 Å². The van der Waals surface area contributed by atoms with Gasteiger partial charge in [-0.25, -0.2) is 0 Å². The molecule has 0 saturated carbocycles. The highest BCUT2D eigenvalue weighted by Crippen LogP contribution is 2.26. The van der Waals surface area contributed by atoms with Crippen molar-refractivity contribution < 1.29 is 0 Å². The van der Waals surface area contributed by atoms with Crippen LogP contribution in [0.3, 0.4) is 0 Å². The second kappa shape index (κ2) is 2.54. The Hall–Kier alpha value is -0.0400. The third kappa shape index (κ3) is 1.51. The molecule has 0 bridgehead atoms. The van der Waals surface area contributed by atoms with Gasteiger partial charge in [-0.05, 0) is 31.8 Å². The summed E-state index contributed by atoms with van der Waals surface area (Å²) < 4.78 is 0. The van der Waals surface area contributed by atoms with Gasteiger partial charge in [0, 0.05) is 6.04 Å². The normalized spacial score (nSPS) is 24.0. The quantitative estimate of drug-likeness (QED) is 0.540. The molecule has 0 radical (unpaired) electrons. The molecule has 1 heterocycles. The molecule has 0 aromatic rings. The molecule has 0 amide bonds. The van der Waals surface area contributed by atoms with Gasteiger partial charge in [0.1, 0.15) is 0 Å². The molecule has 1 rings (SSSR count). The number of hydrogen-bond acceptors (Lipinski definition) is 1. The van der Waals surface area contributed by atoms with Crippen LogP contribution in [0.15, 0.2) is 0 Å². The first-order valence-corrected chi connectivity index (χ1v) is 4.26.